The van der Waals surface area contributed by atoms with E-state index in [0.717, 1.165) is 22.3 Å². The van der Waals surface area contributed by atoms with E-state index < -0.39 is 42.5 Å². The monoisotopic (exact) mass is 467 g/mol. The van der Waals surface area contributed by atoms with Crippen LogP contribution < -0.4 is 16.0 Å². The Morgan fingerprint density at radius 3 is 2.00 bits per heavy atom. The number of rotatable bonds is 9. The van der Waals surface area contributed by atoms with Gasteiger partial charge in [0.15, 0.2) is 0 Å². The Hall–Kier alpha value is -3.88. The minimum atomic E-state index is -1.18. The van der Waals surface area contributed by atoms with E-state index in [1.54, 1.807) is 13.8 Å². The molecular weight excluding hydrogens is 438 g/mol. The summed E-state index contributed by atoms with van der Waals surface area (Å²) in [5.41, 5.74) is 4.39. The molecule has 1 unspecified atom stereocenters. The Morgan fingerprint density at radius 2 is 1.47 bits per heavy atom. The highest BCUT2D eigenvalue weighted by Gasteiger charge is 2.30. The van der Waals surface area contributed by atoms with Crippen LogP contribution in [0.2, 0.25) is 0 Å². The molecule has 9 nitrogen and oxygen atoms in total. The number of carbonyl (C=O) groups excluding carboxylic acids is 3. The molecule has 2 atom stereocenters. The number of ether oxygens (including phenoxy) is 1. The molecule has 0 saturated carbocycles. The van der Waals surface area contributed by atoms with Crippen LogP contribution >= 0.6 is 0 Å². The Labute approximate surface area is 197 Å². The third-order valence-electron chi connectivity index (χ3n) is 5.74. The summed E-state index contributed by atoms with van der Waals surface area (Å²) in [6.07, 6.45) is -0.736. The Bertz CT molecular complexity index is 1040. The second-order valence-corrected chi connectivity index (χ2v) is 8.54. The van der Waals surface area contributed by atoms with E-state index in [-0.39, 0.29) is 18.4 Å². The quantitative estimate of drug-likeness (QED) is 0.447. The summed E-state index contributed by atoms with van der Waals surface area (Å²) in [5, 5.41) is 16.1. The summed E-state index contributed by atoms with van der Waals surface area (Å²) in [6, 6.07) is 13.9. The zero-order chi connectivity index (χ0) is 24.8. The van der Waals surface area contributed by atoms with Crippen molar-refractivity contribution >= 4 is 23.9 Å². The molecule has 3 amide bonds. The van der Waals surface area contributed by atoms with Gasteiger partial charge in [-0.3, -0.25) is 14.4 Å². The summed E-state index contributed by atoms with van der Waals surface area (Å²) >= 11 is 0. The van der Waals surface area contributed by atoms with Crippen molar-refractivity contribution in [1.82, 2.24) is 16.0 Å². The topological polar surface area (TPSA) is 134 Å². The first-order valence-corrected chi connectivity index (χ1v) is 11.1. The van der Waals surface area contributed by atoms with Gasteiger partial charge in [-0.1, -0.05) is 62.4 Å². The molecule has 9 heteroatoms. The van der Waals surface area contributed by atoms with Crippen LogP contribution in [-0.2, 0) is 19.1 Å². The fraction of sp³-hybridized carbons (Fsp3) is 0.360. The van der Waals surface area contributed by atoms with Gasteiger partial charge in [0.25, 0.3) is 0 Å². The zero-order valence-electron chi connectivity index (χ0n) is 19.3. The number of carbonyl (C=O) groups is 4. The average molecular weight is 468 g/mol. The molecule has 0 radical (unpaired) electrons. The van der Waals surface area contributed by atoms with Crippen molar-refractivity contribution in [3.8, 4) is 11.1 Å². The van der Waals surface area contributed by atoms with E-state index in [0.29, 0.717) is 0 Å². The first-order chi connectivity index (χ1) is 16.2. The smallest absolute Gasteiger partial charge is 0.407 e. The van der Waals surface area contributed by atoms with Crippen molar-refractivity contribution in [2.75, 3.05) is 13.2 Å². The van der Waals surface area contributed by atoms with Gasteiger partial charge in [-0.15, -0.1) is 0 Å². The van der Waals surface area contributed by atoms with Crippen LogP contribution in [0.1, 0.15) is 37.8 Å². The van der Waals surface area contributed by atoms with Crippen LogP contribution in [0.3, 0.4) is 0 Å². The first-order valence-electron chi connectivity index (χ1n) is 11.1. The highest BCUT2D eigenvalue weighted by atomic mass is 16.5. The molecule has 3 rings (SSSR count). The van der Waals surface area contributed by atoms with Crippen LogP contribution in [0.15, 0.2) is 48.5 Å². The summed E-state index contributed by atoms with van der Waals surface area (Å²) in [7, 11) is 0. The molecule has 0 saturated heterocycles. The molecule has 0 heterocycles. The lowest BCUT2D eigenvalue weighted by atomic mass is 9.98. The largest absolute Gasteiger partial charge is 0.480 e. The normalized spacial score (nSPS) is 13.9. The lowest BCUT2D eigenvalue weighted by Crippen LogP contribution is -2.52. The molecule has 0 aliphatic heterocycles. The molecule has 34 heavy (non-hydrogen) atoms. The number of carboxylic acids is 1. The van der Waals surface area contributed by atoms with Crippen molar-refractivity contribution in [1.29, 1.82) is 0 Å². The molecule has 180 valence electrons. The van der Waals surface area contributed by atoms with Crippen LogP contribution in [-0.4, -0.2) is 54.2 Å². The number of hydrogen-bond acceptors (Lipinski definition) is 5. The summed E-state index contributed by atoms with van der Waals surface area (Å²) < 4.78 is 5.50. The predicted octanol–water partition coefficient (Wildman–Crippen LogP) is 2.26. The van der Waals surface area contributed by atoms with Crippen LogP contribution in [0.25, 0.3) is 11.1 Å². The number of benzene rings is 2. The second-order valence-electron chi connectivity index (χ2n) is 8.54. The number of fused-ring (bicyclic) bond motifs is 3. The van der Waals surface area contributed by atoms with Gasteiger partial charge in [0.2, 0.25) is 11.8 Å². The number of amides is 3. The van der Waals surface area contributed by atoms with E-state index in [2.05, 4.69) is 16.0 Å². The summed E-state index contributed by atoms with van der Waals surface area (Å²) in [6.45, 7) is 4.52. The van der Waals surface area contributed by atoms with Gasteiger partial charge in [-0.05, 0) is 35.1 Å². The van der Waals surface area contributed by atoms with Crippen molar-refractivity contribution < 1.29 is 29.0 Å². The standard InChI is InChI=1S/C25H29N3O6/c1-14(2)22(23(30)26-12-21(29)27-15(3)24(31)32)28-25(33)34-13-20-18-10-6-4-8-16(18)17-9-5-7-11-19(17)20/h4-11,14-15,20,22H,12-13H2,1-3H3,(H,26,30)(H,27,29)(H,28,33)(H,31,32)/t15?,22-/m0/s1. The average Bonchev–Trinajstić information content (AvgIpc) is 3.13. The summed E-state index contributed by atoms with van der Waals surface area (Å²) in [4.78, 5) is 47.7. The summed E-state index contributed by atoms with van der Waals surface area (Å²) in [5.74, 6) is -2.78. The number of hydrogen-bond donors (Lipinski definition) is 4. The van der Waals surface area contributed by atoms with Crippen molar-refractivity contribution in [3.63, 3.8) is 0 Å². The van der Waals surface area contributed by atoms with Gasteiger partial charge in [0.05, 0.1) is 6.54 Å². The Balaban J connectivity index is 1.57. The van der Waals surface area contributed by atoms with Crippen molar-refractivity contribution in [3.05, 3.63) is 59.7 Å². The predicted molar refractivity (Wildman–Crippen MR) is 125 cm³/mol. The molecule has 0 bridgehead atoms. The maximum Gasteiger partial charge on any atom is 0.407 e. The lowest BCUT2D eigenvalue weighted by Gasteiger charge is -2.22. The number of carboxylic acid groups (broad SMARTS) is 1. The van der Waals surface area contributed by atoms with E-state index in [9.17, 15) is 19.2 Å². The number of nitrogens with one attached hydrogen (secondary N) is 3. The third kappa shape index (κ3) is 5.72. The van der Waals surface area contributed by atoms with Gasteiger partial charge < -0.3 is 25.8 Å². The molecule has 0 aromatic heterocycles. The number of aliphatic carboxylic acids is 1. The van der Waals surface area contributed by atoms with Gasteiger partial charge >= 0.3 is 12.1 Å². The first kappa shape index (κ1) is 24.8. The highest BCUT2D eigenvalue weighted by molar-refractivity contribution is 5.91. The van der Waals surface area contributed by atoms with E-state index in [1.807, 2.05) is 48.5 Å². The zero-order valence-corrected chi connectivity index (χ0v) is 19.3. The molecule has 2 aromatic rings. The fourth-order valence-corrected chi connectivity index (χ4v) is 3.93. The van der Waals surface area contributed by atoms with E-state index in [1.165, 1.54) is 6.92 Å². The van der Waals surface area contributed by atoms with E-state index >= 15 is 0 Å². The molecule has 1 aliphatic rings. The Morgan fingerprint density at radius 1 is 0.912 bits per heavy atom. The molecule has 0 fully saturated rings. The van der Waals surface area contributed by atoms with Gasteiger partial charge in [-0.2, -0.15) is 0 Å². The van der Waals surface area contributed by atoms with Crippen LogP contribution in [0, 0.1) is 5.92 Å². The molecule has 4 N–H and O–H groups in total. The molecule has 0 spiro atoms. The maximum absolute atomic E-state index is 12.6. The van der Waals surface area contributed by atoms with Crippen molar-refractivity contribution in [2.45, 2.75) is 38.8 Å². The SMILES string of the molecule is CC(NC(=O)CNC(=O)[C@@H](NC(=O)OCC1c2ccccc2-c2ccccc21)C(C)C)C(=O)O. The number of alkyl carbamates (subject to hydrolysis) is 1. The minimum Gasteiger partial charge on any atom is -0.480 e. The van der Waals surface area contributed by atoms with Crippen LogP contribution in [0.4, 0.5) is 4.79 Å². The van der Waals surface area contributed by atoms with Gasteiger partial charge in [0, 0.05) is 5.92 Å². The van der Waals surface area contributed by atoms with Crippen molar-refractivity contribution in [2.24, 2.45) is 5.92 Å². The minimum absolute atomic E-state index is 0.107. The lowest BCUT2D eigenvalue weighted by molar-refractivity contribution is -0.141. The molecule has 1 aliphatic carbocycles. The Kier molecular flexibility index (Phi) is 7.88. The van der Waals surface area contributed by atoms with Gasteiger partial charge in [-0.25, -0.2) is 4.79 Å². The van der Waals surface area contributed by atoms with Crippen LogP contribution in [0.5, 0.6) is 0 Å². The van der Waals surface area contributed by atoms with Gasteiger partial charge in [0.1, 0.15) is 18.7 Å². The molecule has 2 aromatic carbocycles. The second kappa shape index (κ2) is 10.8. The molecular formula is C25H29N3O6. The third-order valence-corrected chi connectivity index (χ3v) is 5.74. The highest BCUT2D eigenvalue weighted by Crippen LogP contribution is 2.44. The fourth-order valence-electron chi connectivity index (χ4n) is 3.93. The maximum atomic E-state index is 12.6. The van der Waals surface area contributed by atoms with E-state index in [4.69, 9.17) is 9.84 Å².